The van der Waals surface area contributed by atoms with Gasteiger partial charge in [-0.1, -0.05) is 60.7 Å². The molecule has 2 aliphatic carbocycles. The van der Waals surface area contributed by atoms with Crippen LogP contribution in [0, 0.1) is 47.6 Å². The number of anilines is 2. The Hall–Kier alpha value is -5.27. The number of allylic oxidation sites excluding steroid dienone is 8. The van der Waals surface area contributed by atoms with Crippen molar-refractivity contribution in [1.82, 2.24) is 0 Å². The average molecular weight is 815 g/mol. The van der Waals surface area contributed by atoms with Gasteiger partial charge in [0.25, 0.3) is 20.0 Å². The molecule has 0 saturated heterocycles. The molecule has 8 rings (SSSR count). The Labute approximate surface area is 332 Å². The molecule has 0 heterocycles. The molecule has 0 amide bonds. The van der Waals surface area contributed by atoms with E-state index in [9.17, 15) is 34.4 Å². The Morgan fingerprint density at radius 2 is 0.873 bits per heavy atom. The van der Waals surface area contributed by atoms with Gasteiger partial charge in [0.1, 0.15) is 0 Å². The van der Waals surface area contributed by atoms with Gasteiger partial charge in [0.05, 0.1) is 9.79 Å². The van der Waals surface area contributed by atoms with Crippen molar-refractivity contribution < 1.29 is 56.1 Å². The number of fused-ring (bicyclic) bond motifs is 2. The third-order valence-electron chi connectivity index (χ3n) is 7.45. The maximum atomic E-state index is 13.5. The Balaban J connectivity index is 0.000000192. The first kappa shape index (κ1) is 42.5. The molecule has 0 radical (unpaired) electrons. The van der Waals surface area contributed by atoms with Crippen molar-refractivity contribution in [3.05, 3.63) is 193 Å². The van der Waals surface area contributed by atoms with E-state index in [0.29, 0.717) is 0 Å². The first-order chi connectivity index (χ1) is 25.9. The number of benzene rings is 6. The van der Waals surface area contributed by atoms with Gasteiger partial charge in [-0.05, 0) is 57.2 Å². The predicted octanol–water partition coefficient (Wildman–Crippen LogP) is 10.0. The van der Waals surface area contributed by atoms with Crippen LogP contribution in [-0.2, 0) is 41.8 Å². The van der Waals surface area contributed by atoms with Gasteiger partial charge in [0.2, 0.25) is 0 Å². The van der Waals surface area contributed by atoms with E-state index in [1.807, 2.05) is 48.6 Å². The van der Waals surface area contributed by atoms with Gasteiger partial charge >= 0.3 is 21.7 Å². The molecule has 55 heavy (non-hydrogen) atoms. The monoisotopic (exact) mass is 814 g/mol. The molecule has 0 unspecified atom stereocenters. The number of hydrogen-bond acceptors (Lipinski definition) is 4. The fourth-order valence-corrected chi connectivity index (χ4v) is 6.99. The third-order valence-corrected chi connectivity index (χ3v) is 10.2. The van der Waals surface area contributed by atoms with Crippen LogP contribution >= 0.6 is 0 Å². The molecule has 13 heteroatoms. The van der Waals surface area contributed by atoms with E-state index in [1.165, 1.54) is 24.3 Å². The zero-order valence-corrected chi connectivity index (χ0v) is 31.9. The Morgan fingerprint density at radius 1 is 0.491 bits per heavy atom. The summed E-state index contributed by atoms with van der Waals surface area (Å²) in [4.78, 5) is -0.00940. The molecule has 0 atom stereocenters. The van der Waals surface area contributed by atoms with Gasteiger partial charge in [-0.15, -0.1) is 49.2 Å². The number of nitrogens with one attached hydrogen (secondary N) is 2. The first-order valence-corrected chi connectivity index (χ1v) is 19.1. The van der Waals surface area contributed by atoms with E-state index in [0.717, 1.165) is 58.7 Å². The molecule has 0 aliphatic heterocycles. The Kier molecular flexibility index (Phi) is 15.4. The Morgan fingerprint density at radius 3 is 1.18 bits per heavy atom. The van der Waals surface area contributed by atoms with Gasteiger partial charge in [-0.3, -0.25) is 12.2 Å². The van der Waals surface area contributed by atoms with Crippen LogP contribution < -0.4 is 9.44 Å². The van der Waals surface area contributed by atoms with Crippen LogP contribution in [0.15, 0.2) is 155 Å². The van der Waals surface area contributed by atoms with Crippen molar-refractivity contribution in [2.45, 2.75) is 22.6 Å². The normalized spacial score (nSPS) is 12.4. The molecule has 2 aliphatic rings. The van der Waals surface area contributed by atoms with Crippen LogP contribution in [0.25, 0.3) is 21.5 Å². The van der Waals surface area contributed by atoms with Crippen LogP contribution in [0.2, 0.25) is 0 Å². The largest absolute Gasteiger partial charge is 4.00 e. The molecule has 0 bridgehead atoms. The second kappa shape index (κ2) is 19.9. The summed E-state index contributed by atoms with van der Waals surface area (Å²) in [6.07, 6.45) is 20.0. The van der Waals surface area contributed by atoms with Crippen molar-refractivity contribution >= 4 is 53.0 Å². The van der Waals surface area contributed by atoms with E-state index in [1.54, 1.807) is 48.5 Å². The minimum absolute atomic E-state index is 0. The molecule has 6 aromatic carbocycles. The van der Waals surface area contributed by atoms with Crippen LogP contribution in [0.4, 0.5) is 28.9 Å². The van der Waals surface area contributed by atoms with Gasteiger partial charge < -0.3 is 9.44 Å². The van der Waals surface area contributed by atoms with Gasteiger partial charge in [0, 0.05) is 23.3 Å². The van der Waals surface area contributed by atoms with Gasteiger partial charge in [-0.25, -0.2) is 58.7 Å². The van der Waals surface area contributed by atoms with Crippen molar-refractivity contribution in [2.24, 2.45) is 0 Å². The summed E-state index contributed by atoms with van der Waals surface area (Å²) >= 11 is 0. The molecule has 6 aromatic rings. The summed E-state index contributed by atoms with van der Waals surface area (Å²) in [5, 5.41) is 3.28. The zero-order chi connectivity index (χ0) is 38.6. The molecule has 2 N–H and O–H groups in total. The van der Waals surface area contributed by atoms with E-state index < -0.39 is 43.3 Å². The smallest absolute Gasteiger partial charge is 0.330 e. The number of sulfonamides is 2. The van der Waals surface area contributed by atoms with Crippen molar-refractivity contribution in [1.29, 1.82) is 0 Å². The topological polar surface area (TPSA) is 92.3 Å². The average Bonchev–Trinajstić information content (AvgIpc) is 3.95. The van der Waals surface area contributed by atoms with Crippen LogP contribution in [0.3, 0.4) is 0 Å². The quantitative estimate of drug-likeness (QED) is 0.0995. The minimum atomic E-state index is -3.97. The van der Waals surface area contributed by atoms with E-state index >= 15 is 0 Å². The first-order valence-electron chi connectivity index (χ1n) is 16.1. The molecule has 0 fully saturated rings. The summed E-state index contributed by atoms with van der Waals surface area (Å²) in [5.41, 5.74) is -0.705. The van der Waals surface area contributed by atoms with Gasteiger partial charge in [0.15, 0.2) is 0 Å². The Bertz CT molecular complexity index is 2410. The maximum Gasteiger partial charge on any atom is 4.00 e. The summed E-state index contributed by atoms with van der Waals surface area (Å²) in [6.45, 7) is 0. The molecular formula is C42H30F4N2O4S2Ti. The fraction of sp³-hybridized carbons (Fsp3) is 0.0476. The number of hydrogen-bond donors (Lipinski definition) is 2. The van der Waals surface area contributed by atoms with Gasteiger partial charge in [-0.2, -0.15) is 12.2 Å². The van der Waals surface area contributed by atoms with Crippen molar-refractivity contribution in [2.75, 3.05) is 9.44 Å². The SMILES string of the molecule is O=S(=O)(Nc1ccc(F)[c-]c1F)c1ccc2ccccc2c1.O=S(=O)(Nc1ccc(F)[c-]c1F)c1ccc2ccccc2c1.[C-]1=CC=CC1.[C-]1=CC=CC1.[Ti+4]. The summed E-state index contributed by atoms with van der Waals surface area (Å²) in [5.74, 6) is -3.98. The second-order valence-electron chi connectivity index (χ2n) is 11.3. The standard InChI is InChI=1S/2C16H10F2NO2S.2C5H5.Ti/c2*17-13-6-8-16(15(18)10-13)19-22(20,21)14-7-5-11-3-1-2-4-12(11)9-14;2*1-2-4-5-3-1;/h2*1-9,19H;2*1-3H,4H2;/q4*-1;+4. The van der Waals surface area contributed by atoms with Crippen LogP contribution in [0.5, 0.6) is 0 Å². The zero-order valence-electron chi connectivity index (χ0n) is 28.7. The third kappa shape index (κ3) is 12.4. The molecule has 0 aromatic heterocycles. The maximum absolute atomic E-state index is 13.5. The number of rotatable bonds is 6. The second-order valence-corrected chi connectivity index (χ2v) is 14.7. The van der Waals surface area contributed by atoms with E-state index in [-0.39, 0.29) is 42.9 Å². The van der Waals surface area contributed by atoms with Crippen molar-refractivity contribution in [3.8, 4) is 0 Å². The van der Waals surface area contributed by atoms with Crippen molar-refractivity contribution in [3.63, 3.8) is 0 Å². The van der Waals surface area contributed by atoms with Crippen LogP contribution in [0.1, 0.15) is 12.8 Å². The molecule has 6 nitrogen and oxygen atoms in total. The molecule has 276 valence electrons. The molecule has 0 spiro atoms. The fourth-order valence-electron chi connectivity index (χ4n) is 4.80. The predicted molar refractivity (Wildman–Crippen MR) is 203 cm³/mol. The van der Waals surface area contributed by atoms with Crippen LogP contribution in [-0.4, -0.2) is 16.8 Å². The minimum Gasteiger partial charge on any atom is -0.330 e. The summed E-state index contributed by atoms with van der Waals surface area (Å²) < 4.78 is 106. The number of halogens is 4. The molecular weight excluding hydrogens is 784 g/mol. The summed E-state index contributed by atoms with van der Waals surface area (Å²) in [6, 6.07) is 31.2. The summed E-state index contributed by atoms with van der Waals surface area (Å²) in [7, 11) is -7.95. The molecule has 0 saturated carbocycles. The van der Waals surface area contributed by atoms with E-state index in [4.69, 9.17) is 0 Å². The van der Waals surface area contributed by atoms with E-state index in [2.05, 4.69) is 33.7 Å².